The third kappa shape index (κ3) is 2.90. The van der Waals surface area contributed by atoms with Crippen LogP contribution in [0, 0.1) is 5.92 Å². The van der Waals surface area contributed by atoms with Crippen molar-refractivity contribution in [3.8, 4) is 11.3 Å². The van der Waals surface area contributed by atoms with Crippen molar-refractivity contribution in [3.63, 3.8) is 0 Å². The molecular weight excluding hydrogens is 302 g/mol. The Morgan fingerprint density at radius 2 is 1.58 bits per heavy atom. The molecule has 120 valence electrons. The van der Waals surface area contributed by atoms with Crippen molar-refractivity contribution in [1.29, 1.82) is 0 Å². The average Bonchev–Trinajstić information content (AvgIpc) is 2.60. The van der Waals surface area contributed by atoms with E-state index in [4.69, 9.17) is 0 Å². The van der Waals surface area contributed by atoms with E-state index in [0.717, 1.165) is 24.3 Å². The van der Waals surface area contributed by atoms with E-state index >= 15 is 0 Å². The van der Waals surface area contributed by atoms with E-state index < -0.39 is 0 Å². The lowest BCUT2D eigenvalue weighted by molar-refractivity contribution is 0.335. The van der Waals surface area contributed by atoms with Gasteiger partial charge in [-0.2, -0.15) is 5.10 Å². The molecule has 0 aliphatic carbocycles. The van der Waals surface area contributed by atoms with E-state index in [0.29, 0.717) is 12.5 Å². The van der Waals surface area contributed by atoms with Gasteiger partial charge in [0.05, 0.1) is 12.2 Å². The molecule has 0 bridgehead atoms. The Labute approximate surface area is 139 Å². The van der Waals surface area contributed by atoms with E-state index in [-0.39, 0.29) is 5.56 Å². The van der Waals surface area contributed by atoms with E-state index in [2.05, 4.69) is 20.0 Å². The van der Waals surface area contributed by atoms with Crippen LogP contribution in [0.15, 0.2) is 66.0 Å². The van der Waals surface area contributed by atoms with Crippen LogP contribution >= 0.6 is 0 Å². The van der Waals surface area contributed by atoms with Gasteiger partial charge in [-0.25, -0.2) is 4.68 Å². The smallest absolute Gasteiger partial charge is 0.266 e. The molecule has 0 aromatic carbocycles. The van der Waals surface area contributed by atoms with Crippen LogP contribution in [0.3, 0.4) is 0 Å². The van der Waals surface area contributed by atoms with Gasteiger partial charge in [0.2, 0.25) is 0 Å². The van der Waals surface area contributed by atoms with Crippen molar-refractivity contribution in [3.05, 3.63) is 71.5 Å². The fraction of sp³-hybridized carbons (Fsp3) is 0.222. The Hall–Kier alpha value is -3.02. The summed E-state index contributed by atoms with van der Waals surface area (Å²) in [5.74, 6) is 0.427. The molecule has 0 unspecified atom stereocenters. The maximum absolute atomic E-state index is 12.1. The number of aromatic nitrogens is 4. The molecule has 3 aromatic heterocycles. The molecule has 4 heterocycles. The van der Waals surface area contributed by atoms with Crippen molar-refractivity contribution in [2.75, 3.05) is 18.0 Å². The number of nitrogens with zero attached hydrogens (tertiary/aromatic N) is 5. The topological polar surface area (TPSA) is 63.9 Å². The van der Waals surface area contributed by atoms with Crippen LogP contribution < -0.4 is 10.5 Å². The van der Waals surface area contributed by atoms with Crippen molar-refractivity contribution < 1.29 is 0 Å². The quantitative estimate of drug-likeness (QED) is 0.734. The fourth-order valence-electron chi connectivity index (χ4n) is 2.95. The summed E-state index contributed by atoms with van der Waals surface area (Å²) < 4.78 is 1.57. The summed E-state index contributed by atoms with van der Waals surface area (Å²) in [5.41, 5.74) is 2.87. The highest BCUT2D eigenvalue weighted by Crippen LogP contribution is 2.24. The van der Waals surface area contributed by atoms with Crippen LogP contribution in [-0.4, -0.2) is 32.8 Å². The summed E-state index contributed by atoms with van der Waals surface area (Å²) in [7, 11) is 0. The molecule has 24 heavy (non-hydrogen) atoms. The normalized spacial score (nSPS) is 14.4. The zero-order valence-corrected chi connectivity index (χ0v) is 13.1. The van der Waals surface area contributed by atoms with Gasteiger partial charge in [-0.3, -0.25) is 14.8 Å². The zero-order valence-electron chi connectivity index (χ0n) is 13.1. The molecule has 1 saturated heterocycles. The molecule has 0 atom stereocenters. The average molecular weight is 319 g/mol. The monoisotopic (exact) mass is 319 g/mol. The molecule has 1 fully saturated rings. The van der Waals surface area contributed by atoms with Crippen LogP contribution in [0.25, 0.3) is 11.3 Å². The Balaban J connectivity index is 1.47. The number of hydrogen-bond donors (Lipinski definition) is 0. The third-order valence-electron chi connectivity index (χ3n) is 4.26. The molecule has 1 aliphatic heterocycles. The Bertz CT molecular complexity index is 873. The first kappa shape index (κ1) is 14.6. The molecule has 3 aromatic rings. The highest BCUT2D eigenvalue weighted by molar-refractivity contribution is 5.57. The fourth-order valence-corrected chi connectivity index (χ4v) is 2.95. The molecule has 0 N–H and O–H groups in total. The molecular formula is C18H17N5O. The van der Waals surface area contributed by atoms with E-state index in [1.54, 1.807) is 41.6 Å². The summed E-state index contributed by atoms with van der Waals surface area (Å²) in [4.78, 5) is 22.4. The number of pyridine rings is 2. The molecule has 4 rings (SSSR count). The molecule has 1 aliphatic rings. The Morgan fingerprint density at radius 3 is 2.29 bits per heavy atom. The summed E-state index contributed by atoms with van der Waals surface area (Å²) >= 11 is 0. The predicted octanol–water partition coefficient (Wildman–Crippen LogP) is 1.84. The predicted molar refractivity (Wildman–Crippen MR) is 91.7 cm³/mol. The van der Waals surface area contributed by atoms with Crippen molar-refractivity contribution >= 4 is 5.69 Å². The molecule has 6 nitrogen and oxygen atoms in total. The first-order valence-electron chi connectivity index (χ1n) is 7.93. The van der Waals surface area contributed by atoms with Gasteiger partial charge in [-0.15, -0.1) is 0 Å². The van der Waals surface area contributed by atoms with E-state index in [1.807, 2.05) is 24.3 Å². The second-order valence-corrected chi connectivity index (χ2v) is 5.95. The van der Waals surface area contributed by atoms with Crippen molar-refractivity contribution in [1.82, 2.24) is 19.7 Å². The summed E-state index contributed by atoms with van der Waals surface area (Å²) in [6, 6.07) is 11.1. The lowest BCUT2D eigenvalue weighted by Gasteiger charge is -2.41. The van der Waals surface area contributed by atoms with E-state index in [1.165, 1.54) is 5.69 Å². The minimum absolute atomic E-state index is 0.0600. The number of hydrogen-bond acceptors (Lipinski definition) is 5. The molecule has 0 amide bonds. The summed E-state index contributed by atoms with van der Waals surface area (Å²) in [6.07, 6.45) is 7.05. The standard InChI is InChI=1S/C18H17N5O/c24-18-2-1-17(15-3-7-19-8-4-15)21-23(18)13-14-11-22(12-14)16-5-9-20-10-6-16/h1-10,14H,11-13H2. The molecule has 0 radical (unpaired) electrons. The van der Waals surface area contributed by atoms with Gasteiger partial charge >= 0.3 is 0 Å². The number of rotatable bonds is 4. The highest BCUT2D eigenvalue weighted by Gasteiger charge is 2.27. The zero-order chi connectivity index (χ0) is 16.4. The van der Waals surface area contributed by atoms with Crippen LogP contribution in [0.5, 0.6) is 0 Å². The summed E-state index contributed by atoms with van der Waals surface area (Å²) in [6.45, 7) is 2.49. The van der Waals surface area contributed by atoms with E-state index in [9.17, 15) is 4.79 Å². The first-order valence-corrected chi connectivity index (χ1v) is 7.93. The number of anilines is 1. The van der Waals surface area contributed by atoms with Gasteiger partial charge in [0.25, 0.3) is 5.56 Å². The van der Waals surface area contributed by atoms with Crippen molar-refractivity contribution in [2.45, 2.75) is 6.54 Å². The minimum atomic E-state index is -0.0600. The SMILES string of the molecule is O=c1ccc(-c2ccncc2)nn1CC1CN(c2ccncc2)C1. The van der Waals surface area contributed by atoms with Gasteiger partial charge in [0, 0.05) is 61.1 Å². The second kappa shape index (κ2) is 6.23. The van der Waals surface area contributed by atoms with Crippen LogP contribution in [0.1, 0.15) is 0 Å². The second-order valence-electron chi connectivity index (χ2n) is 5.95. The largest absolute Gasteiger partial charge is 0.371 e. The van der Waals surface area contributed by atoms with Crippen LogP contribution in [0.4, 0.5) is 5.69 Å². The maximum Gasteiger partial charge on any atom is 0.266 e. The van der Waals surface area contributed by atoms with Crippen LogP contribution in [-0.2, 0) is 6.54 Å². The van der Waals surface area contributed by atoms with Gasteiger partial charge in [-0.1, -0.05) is 0 Å². The van der Waals surface area contributed by atoms with Gasteiger partial charge in [-0.05, 0) is 30.3 Å². The molecule has 0 saturated carbocycles. The maximum atomic E-state index is 12.1. The highest BCUT2D eigenvalue weighted by atomic mass is 16.1. The molecule has 0 spiro atoms. The Kier molecular flexibility index (Phi) is 3.78. The van der Waals surface area contributed by atoms with Crippen LogP contribution in [0.2, 0.25) is 0 Å². The lowest BCUT2D eigenvalue weighted by Crippen LogP contribution is -2.49. The third-order valence-corrected chi connectivity index (χ3v) is 4.26. The summed E-state index contributed by atoms with van der Waals surface area (Å²) in [5, 5.41) is 4.51. The Morgan fingerprint density at radius 1 is 0.917 bits per heavy atom. The van der Waals surface area contributed by atoms with Crippen molar-refractivity contribution in [2.24, 2.45) is 5.92 Å². The first-order chi connectivity index (χ1) is 11.8. The van der Waals surface area contributed by atoms with Gasteiger partial charge in [0.1, 0.15) is 0 Å². The van der Waals surface area contributed by atoms with Gasteiger partial charge in [0.15, 0.2) is 0 Å². The molecule has 6 heteroatoms. The minimum Gasteiger partial charge on any atom is -0.371 e. The van der Waals surface area contributed by atoms with Gasteiger partial charge < -0.3 is 4.90 Å². The lowest BCUT2D eigenvalue weighted by atomic mass is 9.99.